The molecule has 1 aromatic rings. The first kappa shape index (κ1) is 13.4. The van der Waals surface area contributed by atoms with Crippen molar-refractivity contribution >= 4 is 23.4 Å². The molecule has 0 aliphatic carbocycles. The average molecular weight is 266 g/mol. The summed E-state index contributed by atoms with van der Waals surface area (Å²) in [5.74, 6) is -0.0764. The molecular formula is C13H18N2O2S. The second-order valence-electron chi connectivity index (χ2n) is 4.25. The number of nitrogens with two attached hydrogens (primary N) is 1. The van der Waals surface area contributed by atoms with E-state index >= 15 is 0 Å². The molecule has 0 unspecified atom stereocenters. The molecule has 2 rings (SSSR count). The Morgan fingerprint density at radius 2 is 2.28 bits per heavy atom. The number of para-hydroxylation sites is 1. The van der Waals surface area contributed by atoms with E-state index in [1.807, 2.05) is 30.5 Å². The summed E-state index contributed by atoms with van der Waals surface area (Å²) in [6.45, 7) is 0.477. The fourth-order valence-corrected chi connectivity index (χ4v) is 2.59. The molecule has 0 bridgehead atoms. The second-order valence-corrected chi connectivity index (χ2v) is 5.10. The van der Waals surface area contributed by atoms with Crippen molar-refractivity contribution in [1.29, 1.82) is 0 Å². The van der Waals surface area contributed by atoms with E-state index in [1.54, 1.807) is 11.8 Å². The Labute approximate surface area is 111 Å². The third kappa shape index (κ3) is 3.04. The highest BCUT2D eigenvalue weighted by Crippen LogP contribution is 2.26. The quantitative estimate of drug-likeness (QED) is 0.816. The van der Waals surface area contributed by atoms with Crippen molar-refractivity contribution in [2.75, 3.05) is 18.1 Å². The first-order chi connectivity index (χ1) is 8.74. The molecule has 4 nitrogen and oxygen atoms in total. The molecule has 1 saturated heterocycles. The predicted molar refractivity (Wildman–Crippen MR) is 73.8 cm³/mol. The maximum absolute atomic E-state index is 12.1. The fourth-order valence-electron chi connectivity index (χ4n) is 2.03. The molecule has 18 heavy (non-hydrogen) atoms. The number of carbonyl (C=O) groups is 1. The van der Waals surface area contributed by atoms with Crippen LogP contribution >= 0.6 is 11.8 Å². The van der Waals surface area contributed by atoms with E-state index < -0.39 is 0 Å². The number of carbonyl (C=O) groups excluding carboxylic acids is 1. The van der Waals surface area contributed by atoms with Crippen molar-refractivity contribution in [2.24, 2.45) is 5.73 Å². The molecule has 1 aliphatic heterocycles. The largest absolute Gasteiger partial charge is 0.364 e. The van der Waals surface area contributed by atoms with Gasteiger partial charge in [-0.1, -0.05) is 12.1 Å². The Balaban J connectivity index is 1.99. The van der Waals surface area contributed by atoms with Crippen LogP contribution in [0.2, 0.25) is 0 Å². The molecule has 1 aliphatic rings. The highest BCUT2D eigenvalue weighted by Gasteiger charge is 2.30. The monoisotopic (exact) mass is 266 g/mol. The van der Waals surface area contributed by atoms with Crippen molar-refractivity contribution < 1.29 is 9.53 Å². The number of benzene rings is 1. The maximum Gasteiger partial charge on any atom is 0.253 e. The molecule has 1 fully saturated rings. The lowest BCUT2D eigenvalue weighted by Crippen LogP contribution is -2.29. The predicted octanol–water partition coefficient (Wildman–Crippen LogP) is 1.85. The number of anilines is 1. The van der Waals surface area contributed by atoms with Crippen LogP contribution in [0.1, 0.15) is 12.8 Å². The topological polar surface area (TPSA) is 64.4 Å². The lowest BCUT2D eigenvalue weighted by molar-refractivity contribution is -0.126. The number of hydrogen-bond donors (Lipinski definition) is 2. The van der Waals surface area contributed by atoms with E-state index in [0.717, 1.165) is 23.4 Å². The van der Waals surface area contributed by atoms with Crippen molar-refractivity contribution in [3.63, 3.8) is 0 Å². The van der Waals surface area contributed by atoms with Crippen LogP contribution in [0, 0.1) is 0 Å². The van der Waals surface area contributed by atoms with Gasteiger partial charge in [-0.15, -0.1) is 11.8 Å². The summed E-state index contributed by atoms with van der Waals surface area (Å²) in [7, 11) is 0. The molecule has 0 spiro atoms. The maximum atomic E-state index is 12.1. The van der Waals surface area contributed by atoms with Crippen LogP contribution < -0.4 is 11.1 Å². The van der Waals surface area contributed by atoms with Gasteiger partial charge >= 0.3 is 0 Å². The Morgan fingerprint density at radius 1 is 1.50 bits per heavy atom. The van der Waals surface area contributed by atoms with Crippen LogP contribution in [0.15, 0.2) is 29.2 Å². The van der Waals surface area contributed by atoms with Crippen LogP contribution in [-0.2, 0) is 9.53 Å². The van der Waals surface area contributed by atoms with Gasteiger partial charge in [0.05, 0.1) is 11.8 Å². The highest BCUT2D eigenvalue weighted by molar-refractivity contribution is 7.98. The van der Waals surface area contributed by atoms with Crippen LogP contribution in [-0.4, -0.2) is 30.9 Å². The van der Waals surface area contributed by atoms with Crippen LogP contribution in [0.5, 0.6) is 0 Å². The standard InChI is InChI=1S/C13H18N2O2S/c1-18-12-5-3-2-4-10(12)15-13(16)11-7-6-9(8-14)17-11/h2-5,9,11H,6-8,14H2,1H3,(H,15,16)/t9-,11+/m1/s1. The normalized spacial score (nSPS) is 23.0. The molecule has 1 heterocycles. The van der Waals surface area contributed by atoms with Crippen molar-refractivity contribution in [2.45, 2.75) is 29.9 Å². The summed E-state index contributed by atoms with van der Waals surface area (Å²) in [6.07, 6.45) is 3.25. The second kappa shape index (κ2) is 6.22. The van der Waals surface area contributed by atoms with Crippen LogP contribution in [0.3, 0.4) is 0 Å². The SMILES string of the molecule is CSc1ccccc1NC(=O)[C@@H]1CC[C@H](CN)O1. The lowest BCUT2D eigenvalue weighted by Gasteiger charge is -2.14. The van der Waals surface area contributed by atoms with Gasteiger partial charge in [0.15, 0.2) is 0 Å². The minimum atomic E-state index is -0.367. The van der Waals surface area contributed by atoms with E-state index in [1.165, 1.54) is 0 Å². The Hall–Kier alpha value is -1.04. The van der Waals surface area contributed by atoms with E-state index in [4.69, 9.17) is 10.5 Å². The molecule has 3 N–H and O–H groups in total. The minimum Gasteiger partial charge on any atom is -0.364 e. The molecule has 0 radical (unpaired) electrons. The summed E-state index contributed by atoms with van der Waals surface area (Å²) in [5.41, 5.74) is 6.38. The van der Waals surface area contributed by atoms with Crippen molar-refractivity contribution in [3.8, 4) is 0 Å². The minimum absolute atomic E-state index is 0.0246. The van der Waals surface area contributed by atoms with Gasteiger partial charge in [-0.3, -0.25) is 4.79 Å². The zero-order chi connectivity index (χ0) is 13.0. The third-order valence-corrected chi connectivity index (χ3v) is 3.82. The molecule has 0 aromatic heterocycles. The first-order valence-electron chi connectivity index (χ1n) is 6.04. The number of ether oxygens (including phenoxy) is 1. The molecule has 0 saturated carbocycles. The van der Waals surface area contributed by atoms with Crippen LogP contribution in [0.25, 0.3) is 0 Å². The number of nitrogens with one attached hydrogen (secondary N) is 1. The van der Waals surface area contributed by atoms with Gasteiger partial charge in [-0.2, -0.15) is 0 Å². The zero-order valence-electron chi connectivity index (χ0n) is 10.4. The van der Waals surface area contributed by atoms with Crippen molar-refractivity contribution in [3.05, 3.63) is 24.3 Å². The first-order valence-corrected chi connectivity index (χ1v) is 7.26. The summed E-state index contributed by atoms with van der Waals surface area (Å²) in [4.78, 5) is 13.1. The van der Waals surface area contributed by atoms with Gasteiger partial charge in [0.2, 0.25) is 0 Å². The summed E-state index contributed by atoms with van der Waals surface area (Å²) in [6, 6.07) is 7.75. The van der Waals surface area contributed by atoms with E-state index in [9.17, 15) is 4.79 Å². The number of hydrogen-bond acceptors (Lipinski definition) is 4. The van der Waals surface area contributed by atoms with Gasteiger partial charge in [-0.25, -0.2) is 0 Å². The van der Waals surface area contributed by atoms with Gasteiger partial charge in [0.25, 0.3) is 5.91 Å². The van der Waals surface area contributed by atoms with E-state index in [2.05, 4.69) is 5.32 Å². The third-order valence-electron chi connectivity index (χ3n) is 3.03. The molecular weight excluding hydrogens is 248 g/mol. The smallest absolute Gasteiger partial charge is 0.253 e. The van der Waals surface area contributed by atoms with Gasteiger partial charge < -0.3 is 15.8 Å². The number of thioether (sulfide) groups is 1. The molecule has 2 atom stereocenters. The van der Waals surface area contributed by atoms with Gasteiger partial charge in [0.1, 0.15) is 6.10 Å². The summed E-state index contributed by atoms with van der Waals surface area (Å²) in [5, 5.41) is 2.92. The van der Waals surface area contributed by atoms with E-state index in [-0.39, 0.29) is 18.1 Å². The summed E-state index contributed by atoms with van der Waals surface area (Å²) < 4.78 is 5.57. The van der Waals surface area contributed by atoms with Gasteiger partial charge in [-0.05, 0) is 31.2 Å². The molecule has 5 heteroatoms. The average Bonchev–Trinajstić information content (AvgIpc) is 2.88. The molecule has 1 amide bonds. The summed E-state index contributed by atoms with van der Waals surface area (Å²) >= 11 is 1.61. The van der Waals surface area contributed by atoms with E-state index in [0.29, 0.717) is 6.54 Å². The number of amides is 1. The Bertz CT molecular complexity index is 425. The lowest BCUT2D eigenvalue weighted by atomic mass is 10.2. The highest BCUT2D eigenvalue weighted by atomic mass is 32.2. The van der Waals surface area contributed by atoms with Crippen molar-refractivity contribution in [1.82, 2.24) is 0 Å². The van der Waals surface area contributed by atoms with Crippen LogP contribution in [0.4, 0.5) is 5.69 Å². The molecule has 1 aromatic carbocycles. The fraction of sp³-hybridized carbons (Fsp3) is 0.462. The number of rotatable bonds is 4. The zero-order valence-corrected chi connectivity index (χ0v) is 11.2. The Kier molecular flexibility index (Phi) is 4.63. The van der Waals surface area contributed by atoms with Gasteiger partial charge in [0, 0.05) is 11.4 Å². The molecule has 98 valence electrons. The Morgan fingerprint density at radius 3 is 2.94 bits per heavy atom.